The van der Waals surface area contributed by atoms with Gasteiger partial charge < -0.3 is 15.2 Å². The van der Waals surface area contributed by atoms with Gasteiger partial charge in [-0.2, -0.15) is 0 Å². The molecule has 2 N–H and O–H groups in total. The van der Waals surface area contributed by atoms with Gasteiger partial charge >= 0.3 is 11.9 Å². The van der Waals surface area contributed by atoms with Gasteiger partial charge in [0.1, 0.15) is 6.04 Å². The number of carbonyl (C=O) groups is 2. The summed E-state index contributed by atoms with van der Waals surface area (Å²) in [6.45, 7) is 4.14. The summed E-state index contributed by atoms with van der Waals surface area (Å²) >= 11 is 17.1. The van der Waals surface area contributed by atoms with Gasteiger partial charge in [0.2, 0.25) is 0 Å². The van der Waals surface area contributed by atoms with Crippen molar-refractivity contribution >= 4 is 68.2 Å². The monoisotopic (exact) mass is 587 g/mol. The molecule has 1 aromatic heterocycles. The molecule has 3 rings (SSSR count). The van der Waals surface area contributed by atoms with E-state index in [0.29, 0.717) is 50.9 Å². The number of rotatable bonds is 10. The molecule has 34 heavy (non-hydrogen) atoms. The van der Waals surface area contributed by atoms with Crippen molar-refractivity contribution < 1.29 is 19.4 Å². The van der Waals surface area contributed by atoms with Crippen LogP contribution in [0.25, 0.3) is 0 Å². The van der Waals surface area contributed by atoms with Crippen LogP contribution in [0.1, 0.15) is 61.3 Å². The molecule has 1 aliphatic heterocycles. The molecular weight excluding hydrogens is 565 g/mol. The fraction of sp³-hybridized carbons (Fsp3) is 0.391. The Balaban J connectivity index is 2.03. The lowest BCUT2D eigenvalue weighted by Gasteiger charge is -2.25. The van der Waals surface area contributed by atoms with Crippen molar-refractivity contribution in [3.05, 3.63) is 61.2 Å². The minimum Gasteiger partial charge on any atom is -0.478 e. The fourth-order valence-corrected chi connectivity index (χ4v) is 5.38. The maximum atomic E-state index is 12.5. The fourth-order valence-electron chi connectivity index (χ4n) is 3.60. The van der Waals surface area contributed by atoms with Crippen molar-refractivity contribution in [2.24, 2.45) is 4.99 Å². The third-order valence-electron chi connectivity index (χ3n) is 5.25. The van der Waals surface area contributed by atoms with E-state index in [1.165, 1.54) is 11.3 Å². The third-order valence-corrected chi connectivity index (χ3v) is 7.24. The topological polar surface area (TPSA) is 101 Å². The van der Waals surface area contributed by atoms with Gasteiger partial charge in [-0.15, -0.1) is 11.3 Å². The normalized spacial score (nSPS) is 16.6. The number of carbonyl (C=O) groups excluding carboxylic acids is 1. The number of benzene rings is 1. The lowest BCUT2D eigenvalue weighted by molar-refractivity contribution is -0.145. The van der Waals surface area contributed by atoms with Crippen molar-refractivity contribution in [3.8, 4) is 0 Å². The Labute approximate surface area is 220 Å². The summed E-state index contributed by atoms with van der Waals surface area (Å²) in [5, 5.41) is 16.4. The number of allylic oxidation sites excluding steroid dienone is 1. The SMILES string of the molecule is CCCCC(C(=O)OCC)c1csc(C2=NC(c3ccc(Cl)cc3Cl)C(C(=O)O)=C(CBr)N2)n1. The van der Waals surface area contributed by atoms with Crippen molar-refractivity contribution in [1.29, 1.82) is 0 Å². The Hall–Kier alpha value is -1.94. The molecule has 0 radical (unpaired) electrons. The molecular formula is C23H24BrCl2N3O4S. The van der Waals surface area contributed by atoms with Gasteiger partial charge in [0, 0.05) is 32.0 Å². The van der Waals surface area contributed by atoms with Gasteiger partial charge in [0.25, 0.3) is 0 Å². The van der Waals surface area contributed by atoms with Gasteiger partial charge in [-0.1, -0.05) is 65.0 Å². The summed E-state index contributed by atoms with van der Waals surface area (Å²) in [5.74, 6) is -1.46. The molecule has 0 spiro atoms. The molecule has 0 fully saturated rings. The van der Waals surface area contributed by atoms with E-state index in [2.05, 4.69) is 38.1 Å². The first-order chi connectivity index (χ1) is 16.3. The molecule has 0 saturated heterocycles. The molecule has 0 amide bonds. The van der Waals surface area contributed by atoms with Gasteiger partial charge in [0.15, 0.2) is 10.8 Å². The predicted octanol–water partition coefficient (Wildman–Crippen LogP) is 6.11. The number of alkyl halides is 1. The van der Waals surface area contributed by atoms with Crippen molar-refractivity contribution in [1.82, 2.24) is 10.3 Å². The zero-order valence-electron chi connectivity index (χ0n) is 18.6. The number of carboxylic acid groups (broad SMARTS) is 1. The average molecular weight is 589 g/mol. The number of halogens is 3. The summed E-state index contributed by atoms with van der Waals surface area (Å²) in [5.41, 5.74) is 1.66. The van der Waals surface area contributed by atoms with E-state index < -0.39 is 17.9 Å². The van der Waals surface area contributed by atoms with Crippen LogP contribution in [0.15, 0.2) is 39.8 Å². The van der Waals surface area contributed by atoms with E-state index >= 15 is 0 Å². The van der Waals surface area contributed by atoms with Gasteiger partial charge in [-0.25, -0.2) is 9.78 Å². The standard InChI is InChI=1S/C23H24BrCl2N3O4S/c1-3-5-6-14(23(32)33-4-2)17-11-34-21(28-17)20-27-16(10-24)18(22(30)31)19(29-20)13-8-7-12(25)9-15(13)26/h7-9,11,14,19H,3-6,10H2,1-2H3,(H,27,29)(H,30,31). The molecule has 182 valence electrons. The average Bonchev–Trinajstić information content (AvgIpc) is 3.28. The first-order valence-electron chi connectivity index (χ1n) is 10.7. The zero-order chi connectivity index (χ0) is 24.8. The van der Waals surface area contributed by atoms with E-state index in [1.807, 2.05) is 5.38 Å². The van der Waals surface area contributed by atoms with E-state index in [9.17, 15) is 14.7 Å². The van der Waals surface area contributed by atoms with Crippen LogP contribution in [0.5, 0.6) is 0 Å². The van der Waals surface area contributed by atoms with Gasteiger partial charge in [0.05, 0.1) is 23.8 Å². The highest BCUT2D eigenvalue weighted by atomic mass is 79.9. The minimum atomic E-state index is -1.11. The Kier molecular flexibility index (Phi) is 9.53. The van der Waals surface area contributed by atoms with Crippen molar-refractivity contribution in [3.63, 3.8) is 0 Å². The minimum absolute atomic E-state index is 0.0778. The predicted molar refractivity (Wildman–Crippen MR) is 138 cm³/mol. The molecule has 0 bridgehead atoms. The number of esters is 1. The van der Waals surface area contributed by atoms with Crippen LogP contribution < -0.4 is 5.32 Å². The number of hydrogen-bond donors (Lipinski definition) is 2. The number of aliphatic imine (C=N–C) groups is 1. The van der Waals surface area contributed by atoms with Crippen LogP contribution in [-0.4, -0.2) is 39.8 Å². The number of amidine groups is 1. The highest BCUT2D eigenvalue weighted by Gasteiger charge is 2.33. The Morgan fingerprint density at radius 2 is 2.09 bits per heavy atom. The number of nitrogens with one attached hydrogen (secondary N) is 1. The Morgan fingerprint density at radius 1 is 1.32 bits per heavy atom. The van der Waals surface area contributed by atoms with Crippen LogP contribution in [0.3, 0.4) is 0 Å². The van der Waals surface area contributed by atoms with Crippen LogP contribution >= 0.6 is 50.5 Å². The number of unbranched alkanes of at least 4 members (excludes halogenated alkanes) is 1. The maximum absolute atomic E-state index is 12.5. The van der Waals surface area contributed by atoms with E-state index in [1.54, 1.807) is 25.1 Å². The number of thiazole rings is 1. The number of aliphatic carboxylic acids is 1. The number of hydrogen-bond acceptors (Lipinski definition) is 7. The number of carboxylic acids is 1. The summed E-state index contributed by atoms with van der Waals surface area (Å²) in [6, 6.07) is 4.01. The molecule has 11 heteroatoms. The molecule has 2 aromatic rings. The second-order valence-corrected chi connectivity index (χ2v) is 9.79. The number of ether oxygens (including phenoxy) is 1. The summed E-state index contributed by atoms with van der Waals surface area (Å²) in [6.07, 6.45) is 2.45. The van der Waals surface area contributed by atoms with Gasteiger partial charge in [-0.3, -0.25) is 9.79 Å². The first kappa shape index (κ1) is 26.7. The molecule has 1 aromatic carbocycles. The first-order valence-corrected chi connectivity index (χ1v) is 13.5. The molecule has 1 aliphatic rings. The van der Waals surface area contributed by atoms with Crippen LogP contribution in [0, 0.1) is 0 Å². The molecule has 2 atom stereocenters. The van der Waals surface area contributed by atoms with Gasteiger partial charge in [-0.05, 0) is 25.5 Å². The zero-order valence-corrected chi connectivity index (χ0v) is 22.5. The second kappa shape index (κ2) is 12.2. The highest BCUT2D eigenvalue weighted by Crippen LogP contribution is 2.37. The highest BCUT2D eigenvalue weighted by molar-refractivity contribution is 9.09. The summed E-state index contributed by atoms with van der Waals surface area (Å²) in [4.78, 5) is 34.0. The van der Waals surface area contributed by atoms with Crippen LogP contribution in [-0.2, 0) is 14.3 Å². The molecule has 0 saturated carbocycles. The van der Waals surface area contributed by atoms with Crippen LogP contribution in [0.4, 0.5) is 0 Å². The number of nitrogens with zero attached hydrogens (tertiary/aromatic N) is 2. The molecule has 0 aliphatic carbocycles. The maximum Gasteiger partial charge on any atom is 0.335 e. The smallest absolute Gasteiger partial charge is 0.335 e. The Morgan fingerprint density at radius 3 is 2.71 bits per heavy atom. The molecule has 2 heterocycles. The second-order valence-electron chi connectivity index (χ2n) is 7.53. The lowest BCUT2D eigenvalue weighted by Crippen LogP contribution is -2.34. The van der Waals surface area contributed by atoms with E-state index in [-0.39, 0.29) is 16.9 Å². The molecule has 7 nitrogen and oxygen atoms in total. The third kappa shape index (κ3) is 6.00. The van der Waals surface area contributed by atoms with Crippen LogP contribution in [0.2, 0.25) is 10.0 Å². The van der Waals surface area contributed by atoms with E-state index in [4.69, 9.17) is 27.9 Å². The van der Waals surface area contributed by atoms with Crippen molar-refractivity contribution in [2.75, 3.05) is 11.9 Å². The summed E-state index contributed by atoms with van der Waals surface area (Å²) < 4.78 is 5.26. The summed E-state index contributed by atoms with van der Waals surface area (Å²) in [7, 11) is 0. The number of aromatic nitrogens is 1. The quantitative estimate of drug-likeness (QED) is 0.256. The lowest BCUT2D eigenvalue weighted by atomic mass is 9.96. The molecule has 2 unspecified atom stereocenters. The van der Waals surface area contributed by atoms with Crippen molar-refractivity contribution in [2.45, 2.75) is 45.1 Å². The van der Waals surface area contributed by atoms with E-state index in [0.717, 1.165) is 12.8 Å². The Bertz CT molecular complexity index is 1140. The largest absolute Gasteiger partial charge is 0.478 e.